The molecule has 0 aliphatic rings. The summed E-state index contributed by atoms with van der Waals surface area (Å²) in [5.74, 6) is -0.0727. The molecule has 78 valence electrons. The Bertz CT molecular complexity index is 335. The molecule has 2 nitrogen and oxygen atoms in total. The van der Waals surface area contributed by atoms with Crippen molar-refractivity contribution < 1.29 is 13.9 Å². The second-order valence-corrected chi connectivity index (χ2v) is 3.58. The van der Waals surface area contributed by atoms with Crippen LogP contribution in [0.25, 0.3) is 0 Å². The molecule has 6 heteroatoms. The first-order valence-corrected chi connectivity index (χ1v) is 5.05. The zero-order valence-corrected chi connectivity index (χ0v) is 9.32. The molecule has 0 aliphatic heterocycles. The molecule has 0 atom stereocenters. The number of rotatable bonds is 3. The van der Waals surface area contributed by atoms with Gasteiger partial charge in [0.25, 0.3) is 6.43 Å². The summed E-state index contributed by atoms with van der Waals surface area (Å²) in [6.45, 7) is -0.345. The van der Waals surface area contributed by atoms with Crippen LogP contribution in [0.3, 0.4) is 0 Å². The normalized spacial score (nSPS) is 11.0. The van der Waals surface area contributed by atoms with Crippen molar-refractivity contribution in [1.29, 1.82) is 0 Å². The summed E-state index contributed by atoms with van der Waals surface area (Å²) < 4.78 is 25.2. The molecule has 0 aromatic carbocycles. The highest BCUT2D eigenvalue weighted by Gasteiger charge is 2.19. The van der Waals surface area contributed by atoms with Gasteiger partial charge in [-0.15, -0.1) is 11.6 Å². The Balaban J connectivity index is 3.35. The summed E-state index contributed by atoms with van der Waals surface area (Å²) in [5.41, 5.74) is 0.330. The lowest BCUT2D eigenvalue weighted by Gasteiger charge is -2.11. The first-order valence-electron chi connectivity index (χ1n) is 3.73. The van der Waals surface area contributed by atoms with Crippen LogP contribution < -0.4 is 0 Å². The van der Waals surface area contributed by atoms with Crippen molar-refractivity contribution in [3.05, 3.63) is 27.5 Å². The molecule has 0 saturated carbocycles. The van der Waals surface area contributed by atoms with Crippen molar-refractivity contribution in [2.75, 3.05) is 0 Å². The molecular formula is C8H7BrClF2NO. The van der Waals surface area contributed by atoms with Crippen LogP contribution in [0.1, 0.15) is 23.1 Å². The number of aromatic nitrogens is 1. The van der Waals surface area contributed by atoms with E-state index >= 15 is 0 Å². The molecule has 1 rings (SSSR count). The average molecular weight is 287 g/mol. The topological polar surface area (TPSA) is 33.1 Å². The third kappa shape index (κ3) is 2.21. The van der Waals surface area contributed by atoms with Crippen LogP contribution in [0.4, 0.5) is 8.78 Å². The Morgan fingerprint density at radius 1 is 1.57 bits per heavy atom. The first kappa shape index (κ1) is 11.8. The quantitative estimate of drug-likeness (QED) is 0.684. The Hall–Kier alpha value is -0.260. The van der Waals surface area contributed by atoms with Crippen LogP contribution in [-0.2, 0) is 12.5 Å². The van der Waals surface area contributed by atoms with Gasteiger partial charge < -0.3 is 5.11 Å². The van der Waals surface area contributed by atoms with E-state index in [1.807, 2.05) is 0 Å². The lowest BCUT2D eigenvalue weighted by molar-refractivity contribution is 0.148. The van der Waals surface area contributed by atoms with Crippen LogP contribution in [0.5, 0.6) is 0 Å². The van der Waals surface area contributed by atoms with Crippen LogP contribution >= 0.6 is 27.5 Å². The van der Waals surface area contributed by atoms with E-state index in [2.05, 4.69) is 20.9 Å². The SMILES string of the molecule is OCc1cnc(Br)c(C(F)F)c1CCl. The van der Waals surface area contributed by atoms with E-state index in [1.165, 1.54) is 6.20 Å². The highest BCUT2D eigenvalue weighted by Crippen LogP contribution is 2.31. The van der Waals surface area contributed by atoms with E-state index in [-0.39, 0.29) is 28.2 Å². The minimum atomic E-state index is -2.66. The molecule has 0 aliphatic carbocycles. The van der Waals surface area contributed by atoms with Gasteiger partial charge in [0.2, 0.25) is 0 Å². The number of alkyl halides is 3. The Morgan fingerprint density at radius 2 is 2.21 bits per heavy atom. The monoisotopic (exact) mass is 285 g/mol. The van der Waals surface area contributed by atoms with E-state index in [1.54, 1.807) is 0 Å². The molecule has 0 saturated heterocycles. The summed E-state index contributed by atoms with van der Waals surface area (Å²) in [5, 5.41) is 8.89. The molecule has 1 aromatic heterocycles. The second-order valence-electron chi connectivity index (χ2n) is 2.56. The van der Waals surface area contributed by atoms with E-state index in [0.717, 1.165) is 0 Å². The number of nitrogens with zero attached hydrogens (tertiary/aromatic N) is 1. The van der Waals surface area contributed by atoms with Gasteiger partial charge in [0.05, 0.1) is 12.2 Å². The highest BCUT2D eigenvalue weighted by molar-refractivity contribution is 9.10. The largest absolute Gasteiger partial charge is 0.392 e. The zero-order valence-electron chi connectivity index (χ0n) is 6.98. The maximum absolute atomic E-state index is 12.6. The van der Waals surface area contributed by atoms with Crippen LogP contribution in [0.2, 0.25) is 0 Å². The lowest BCUT2D eigenvalue weighted by atomic mass is 10.1. The second kappa shape index (κ2) is 5.00. The molecule has 14 heavy (non-hydrogen) atoms. The minimum Gasteiger partial charge on any atom is -0.392 e. The van der Waals surface area contributed by atoms with Crippen molar-refractivity contribution in [3.63, 3.8) is 0 Å². The molecule has 0 spiro atoms. The third-order valence-corrected chi connectivity index (χ3v) is 2.69. The van der Waals surface area contributed by atoms with Crippen molar-refractivity contribution >= 4 is 27.5 Å². The predicted molar refractivity (Wildman–Crippen MR) is 52.4 cm³/mol. The summed E-state index contributed by atoms with van der Waals surface area (Å²) in [7, 11) is 0. The van der Waals surface area contributed by atoms with Gasteiger partial charge in [-0.1, -0.05) is 0 Å². The van der Waals surface area contributed by atoms with Gasteiger partial charge >= 0.3 is 0 Å². The molecule has 1 N–H and O–H groups in total. The van der Waals surface area contributed by atoms with E-state index in [9.17, 15) is 8.78 Å². The predicted octanol–water partition coefficient (Wildman–Crippen LogP) is 3.01. The fourth-order valence-electron chi connectivity index (χ4n) is 1.10. The van der Waals surface area contributed by atoms with Crippen molar-refractivity contribution in [1.82, 2.24) is 4.98 Å². The van der Waals surface area contributed by atoms with Crippen LogP contribution in [0.15, 0.2) is 10.8 Å². The number of halogens is 4. The Morgan fingerprint density at radius 3 is 2.64 bits per heavy atom. The van der Waals surface area contributed by atoms with Gasteiger partial charge in [0, 0.05) is 17.6 Å². The minimum absolute atomic E-state index is 0.0698. The number of pyridine rings is 1. The molecule has 0 fully saturated rings. The number of aliphatic hydroxyl groups excluding tert-OH is 1. The molecule has 0 bridgehead atoms. The molecule has 0 amide bonds. The van der Waals surface area contributed by atoms with Gasteiger partial charge in [-0.05, 0) is 21.5 Å². The fourth-order valence-corrected chi connectivity index (χ4v) is 1.93. The smallest absolute Gasteiger partial charge is 0.266 e. The number of aliphatic hydroxyl groups is 1. The summed E-state index contributed by atoms with van der Waals surface area (Å²) in [4.78, 5) is 3.70. The van der Waals surface area contributed by atoms with Gasteiger partial charge in [-0.2, -0.15) is 0 Å². The van der Waals surface area contributed by atoms with E-state index < -0.39 is 6.43 Å². The van der Waals surface area contributed by atoms with E-state index in [4.69, 9.17) is 16.7 Å². The highest BCUT2D eigenvalue weighted by atomic mass is 79.9. The zero-order chi connectivity index (χ0) is 10.7. The standard InChI is InChI=1S/C8H7BrClF2NO/c9-7-6(8(11)12)5(1-10)4(3-14)2-13-7/h2,8,14H,1,3H2. The maximum atomic E-state index is 12.6. The summed E-state index contributed by atoms with van der Waals surface area (Å²) in [6.07, 6.45) is -1.33. The van der Waals surface area contributed by atoms with Crippen molar-refractivity contribution in [2.24, 2.45) is 0 Å². The molecule has 0 radical (unpaired) electrons. The molecule has 0 unspecified atom stereocenters. The van der Waals surface area contributed by atoms with Gasteiger partial charge in [-0.25, -0.2) is 13.8 Å². The fraction of sp³-hybridized carbons (Fsp3) is 0.375. The molecule has 1 heterocycles. The first-order chi connectivity index (χ1) is 6.61. The summed E-state index contributed by atoms with van der Waals surface area (Å²) >= 11 is 8.46. The van der Waals surface area contributed by atoms with E-state index in [0.29, 0.717) is 5.56 Å². The summed E-state index contributed by atoms with van der Waals surface area (Å²) in [6, 6.07) is 0. The average Bonchev–Trinajstić information content (AvgIpc) is 2.16. The van der Waals surface area contributed by atoms with Crippen LogP contribution in [-0.4, -0.2) is 10.1 Å². The van der Waals surface area contributed by atoms with Crippen molar-refractivity contribution in [3.8, 4) is 0 Å². The Kier molecular flexibility index (Phi) is 4.22. The third-order valence-electron chi connectivity index (χ3n) is 1.79. The molecule has 1 aromatic rings. The number of hydrogen-bond donors (Lipinski definition) is 1. The maximum Gasteiger partial charge on any atom is 0.266 e. The van der Waals surface area contributed by atoms with Crippen LogP contribution in [0, 0.1) is 0 Å². The van der Waals surface area contributed by atoms with Gasteiger partial charge in [0.1, 0.15) is 4.60 Å². The Labute approximate surface area is 93.0 Å². The van der Waals surface area contributed by atoms with Crippen molar-refractivity contribution in [2.45, 2.75) is 18.9 Å². The van der Waals surface area contributed by atoms with Gasteiger partial charge in [0.15, 0.2) is 0 Å². The number of hydrogen-bond acceptors (Lipinski definition) is 2. The van der Waals surface area contributed by atoms with Gasteiger partial charge in [-0.3, -0.25) is 0 Å². The molecular weight excluding hydrogens is 279 g/mol. The lowest BCUT2D eigenvalue weighted by Crippen LogP contribution is -2.02.